The van der Waals surface area contributed by atoms with Gasteiger partial charge in [0.05, 0.1) is 0 Å². The lowest BCUT2D eigenvalue weighted by Crippen LogP contribution is -2.27. The van der Waals surface area contributed by atoms with Crippen LogP contribution in [-0.2, 0) is 4.74 Å². The van der Waals surface area contributed by atoms with Crippen molar-refractivity contribution in [1.29, 1.82) is 0 Å². The normalized spacial score (nSPS) is 11.6. The summed E-state index contributed by atoms with van der Waals surface area (Å²) in [6.07, 6.45) is -0.590. The van der Waals surface area contributed by atoms with Gasteiger partial charge < -0.3 is 9.15 Å². The van der Waals surface area contributed by atoms with E-state index in [-0.39, 0.29) is 6.01 Å². The molecule has 1 aromatic heterocycles. The SMILES string of the molecule is CC(C)(C)OC(=O)Nc1nc2ccc(Br)cc2o1. The molecule has 0 spiro atoms. The molecule has 5 nitrogen and oxygen atoms in total. The van der Waals surface area contributed by atoms with E-state index in [0.717, 1.165) is 4.47 Å². The number of anilines is 1. The van der Waals surface area contributed by atoms with E-state index in [1.54, 1.807) is 32.9 Å². The summed E-state index contributed by atoms with van der Waals surface area (Å²) in [6, 6.07) is 5.55. The van der Waals surface area contributed by atoms with E-state index in [9.17, 15) is 4.79 Å². The molecule has 0 aliphatic rings. The third-order valence-electron chi connectivity index (χ3n) is 1.96. The minimum absolute atomic E-state index is 0.123. The van der Waals surface area contributed by atoms with Gasteiger partial charge in [-0.3, -0.25) is 0 Å². The van der Waals surface area contributed by atoms with Crippen LogP contribution in [0.2, 0.25) is 0 Å². The molecule has 1 amide bonds. The van der Waals surface area contributed by atoms with Gasteiger partial charge in [0, 0.05) is 4.47 Å². The zero-order valence-electron chi connectivity index (χ0n) is 10.3. The third-order valence-corrected chi connectivity index (χ3v) is 2.45. The van der Waals surface area contributed by atoms with Crippen molar-refractivity contribution in [1.82, 2.24) is 4.98 Å². The molecule has 0 bridgehead atoms. The second kappa shape index (κ2) is 4.61. The fourth-order valence-electron chi connectivity index (χ4n) is 1.34. The Morgan fingerprint density at radius 3 is 2.83 bits per heavy atom. The van der Waals surface area contributed by atoms with Crippen LogP contribution >= 0.6 is 15.9 Å². The van der Waals surface area contributed by atoms with Crippen molar-refractivity contribution in [2.45, 2.75) is 26.4 Å². The number of fused-ring (bicyclic) bond motifs is 1. The summed E-state index contributed by atoms with van der Waals surface area (Å²) in [4.78, 5) is 15.7. The summed E-state index contributed by atoms with van der Waals surface area (Å²) in [6.45, 7) is 5.36. The fourth-order valence-corrected chi connectivity index (χ4v) is 1.68. The molecule has 2 rings (SSSR count). The van der Waals surface area contributed by atoms with Gasteiger partial charge in [-0.05, 0) is 39.0 Å². The number of hydrogen-bond donors (Lipinski definition) is 1. The third kappa shape index (κ3) is 3.22. The summed E-state index contributed by atoms with van der Waals surface area (Å²) in [5, 5.41) is 2.45. The lowest BCUT2D eigenvalue weighted by molar-refractivity contribution is 0.0632. The molecule has 0 saturated carbocycles. The van der Waals surface area contributed by atoms with Crippen LogP contribution in [0.3, 0.4) is 0 Å². The van der Waals surface area contributed by atoms with Crippen LogP contribution in [0.15, 0.2) is 27.1 Å². The van der Waals surface area contributed by atoms with Crippen molar-refractivity contribution in [3.63, 3.8) is 0 Å². The summed E-state index contributed by atoms with van der Waals surface area (Å²) in [5.74, 6) is 0. The van der Waals surface area contributed by atoms with Gasteiger partial charge in [-0.25, -0.2) is 10.1 Å². The summed E-state index contributed by atoms with van der Waals surface area (Å²) >= 11 is 3.33. The Kier molecular flexibility index (Phi) is 3.30. The number of halogens is 1. The van der Waals surface area contributed by atoms with Gasteiger partial charge in [0.1, 0.15) is 11.1 Å². The molecule has 1 heterocycles. The zero-order valence-corrected chi connectivity index (χ0v) is 11.9. The Morgan fingerprint density at radius 2 is 2.17 bits per heavy atom. The largest absolute Gasteiger partial charge is 0.443 e. The maximum Gasteiger partial charge on any atom is 0.415 e. The number of nitrogens with zero attached hydrogens (tertiary/aromatic N) is 1. The summed E-state index contributed by atoms with van der Waals surface area (Å²) in [7, 11) is 0. The Morgan fingerprint density at radius 1 is 1.44 bits per heavy atom. The first kappa shape index (κ1) is 12.9. The van der Waals surface area contributed by atoms with Crippen LogP contribution in [0.25, 0.3) is 11.1 Å². The molecule has 0 aliphatic heterocycles. The molecule has 1 aromatic carbocycles. The van der Waals surface area contributed by atoms with Crippen LogP contribution in [0.1, 0.15) is 20.8 Å². The van der Waals surface area contributed by atoms with E-state index in [0.29, 0.717) is 11.1 Å². The highest BCUT2D eigenvalue weighted by atomic mass is 79.9. The van der Waals surface area contributed by atoms with E-state index in [2.05, 4.69) is 26.2 Å². The standard InChI is InChI=1S/C12H13BrN2O3/c1-12(2,3)18-11(16)15-10-14-8-5-4-7(13)6-9(8)17-10/h4-6H,1-3H3,(H,14,15,16). The molecular formula is C12H13BrN2O3. The number of carbonyl (C=O) groups is 1. The van der Waals surface area contributed by atoms with E-state index < -0.39 is 11.7 Å². The number of nitrogens with one attached hydrogen (secondary N) is 1. The van der Waals surface area contributed by atoms with E-state index in [1.165, 1.54) is 0 Å². The molecule has 0 saturated heterocycles. The highest BCUT2D eigenvalue weighted by Crippen LogP contribution is 2.23. The van der Waals surface area contributed by atoms with E-state index in [4.69, 9.17) is 9.15 Å². The van der Waals surface area contributed by atoms with Crippen molar-refractivity contribution < 1.29 is 13.9 Å². The molecule has 6 heteroatoms. The van der Waals surface area contributed by atoms with Gasteiger partial charge in [0.2, 0.25) is 0 Å². The van der Waals surface area contributed by atoms with Crippen molar-refractivity contribution in [2.24, 2.45) is 0 Å². The summed E-state index contributed by atoms with van der Waals surface area (Å²) < 4.78 is 11.4. The number of benzene rings is 1. The van der Waals surface area contributed by atoms with Gasteiger partial charge in [-0.15, -0.1) is 0 Å². The fraction of sp³-hybridized carbons (Fsp3) is 0.333. The van der Waals surface area contributed by atoms with Crippen molar-refractivity contribution in [3.05, 3.63) is 22.7 Å². The molecule has 0 atom stereocenters. The Bertz CT molecular complexity index is 587. The van der Waals surface area contributed by atoms with Crippen LogP contribution in [0, 0.1) is 0 Å². The topological polar surface area (TPSA) is 64.4 Å². The maximum absolute atomic E-state index is 11.5. The van der Waals surface area contributed by atoms with Crippen LogP contribution in [0.5, 0.6) is 0 Å². The van der Waals surface area contributed by atoms with Crippen LogP contribution < -0.4 is 5.32 Å². The number of rotatable bonds is 1. The Balaban J connectivity index is 2.15. The number of carbonyl (C=O) groups excluding carboxylic acids is 1. The second-order valence-corrected chi connectivity index (χ2v) is 5.67. The molecule has 0 fully saturated rings. The van der Waals surface area contributed by atoms with Gasteiger partial charge in [0.25, 0.3) is 0 Å². The Labute approximate surface area is 113 Å². The number of ether oxygens (including phenoxy) is 1. The molecule has 96 valence electrons. The average molecular weight is 313 g/mol. The smallest absolute Gasteiger partial charge is 0.415 e. The first-order valence-electron chi connectivity index (χ1n) is 5.39. The minimum atomic E-state index is -0.590. The number of amides is 1. The van der Waals surface area contributed by atoms with Gasteiger partial charge in [-0.1, -0.05) is 15.9 Å². The van der Waals surface area contributed by atoms with Gasteiger partial charge in [0.15, 0.2) is 5.58 Å². The highest BCUT2D eigenvalue weighted by Gasteiger charge is 2.18. The summed E-state index contributed by atoms with van der Waals surface area (Å²) in [5.41, 5.74) is 0.707. The van der Waals surface area contributed by atoms with Gasteiger partial charge >= 0.3 is 12.1 Å². The monoisotopic (exact) mass is 312 g/mol. The van der Waals surface area contributed by atoms with E-state index in [1.807, 2.05) is 6.07 Å². The molecule has 0 unspecified atom stereocenters. The van der Waals surface area contributed by atoms with Crippen molar-refractivity contribution >= 4 is 39.1 Å². The minimum Gasteiger partial charge on any atom is -0.443 e. The Hall–Kier alpha value is -1.56. The van der Waals surface area contributed by atoms with Gasteiger partial charge in [-0.2, -0.15) is 4.98 Å². The quantitative estimate of drug-likeness (QED) is 0.866. The molecule has 0 aliphatic carbocycles. The molecular weight excluding hydrogens is 300 g/mol. The van der Waals surface area contributed by atoms with E-state index >= 15 is 0 Å². The first-order valence-corrected chi connectivity index (χ1v) is 6.19. The maximum atomic E-state index is 11.5. The number of aromatic nitrogens is 1. The zero-order chi connectivity index (χ0) is 13.3. The lowest BCUT2D eigenvalue weighted by Gasteiger charge is -2.18. The highest BCUT2D eigenvalue weighted by molar-refractivity contribution is 9.10. The molecule has 2 aromatic rings. The average Bonchev–Trinajstić information content (AvgIpc) is 2.55. The number of oxazole rings is 1. The molecule has 0 radical (unpaired) electrons. The lowest BCUT2D eigenvalue weighted by atomic mass is 10.2. The molecule has 18 heavy (non-hydrogen) atoms. The first-order chi connectivity index (χ1) is 8.33. The van der Waals surface area contributed by atoms with Crippen molar-refractivity contribution in [2.75, 3.05) is 5.32 Å². The predicted molar refractivity (Wildman–Crippen MR) is 71.6 cm³/mol. The predicted octanol–water partition coefficient (Wildman–Crippen LogP) is 3.94. The molecule has 1 N–H and O–H groups in total. The number of hydrogen-bond acceptors (Lipinski definition) is 4. The van der Waals surface area contributed by atoms with Crippen LogP contribution in [-0.4, -0.2) is 16.7 Å². The second-order valence-electron chi connectivity index (χ2n) is 4.76. The van der Waals surface area contributed by atoms with Crippen LogP contribution in [0.4, 0.5) is 10.8 Å². The van der Waals surface area contributed by atoms with Crippen molar-refractivity contribution in [3.8, 4) is 0 Å².